The van der Waals surface area contributed by atoms with Crippen LogP contribution in [-0.4, -0.2) is 38.4 Å². The number of fused-ring (bicyclic) bond motifs is 1. The van der Waals surface area contributed by atoms with E-state index < -0.39 is 0 Å². The predicted molar refractivity (Wildman–Crippen MR) is 108 cm³/mol. The summed E-state index contributed by atoms with van der Waals surface area (Å²) in [4.78, 5) is 0. The zero-order chi connectivity index (χ0) is 19.8. The molecule has 1 aliphatic rings. The molecule has 1 fully saturated rings. The number of methoxy groups -OCH3 is 1. The van der Waals surface area contributed by atoms with Crippen LogP contribution in [0.5, 0.6) is 5.88 Å². The molecule has 28 heavy (non-hydrogen) atoms. The van der Waals surface area contributed by atoms with Crippen LogP contribution in [0.1, 0.15) is 36.9 Å². The molecule has 1 unspecified atom stereocenters. The highest BCUT2D eigenvalue weighted by Crippen LogP contribution is 2.39. The minimum absolute atomic E-state index is 0.0608. The first-order chi connectivity index (χ1) is 13.5. The van der Waals surface area contributed by atoms with Gasteiger partial charge in [-0.1, -0.05) is 18.2 Å². The maximum Gasteiger partial charge on any atom is 0.217 e. The normalized spacial score (nSPS) is 17.3. The molecular formula is C20H23ClN4O3. The van der Waals surface area contributed by atoms with Gasteiger partial charge in [-0.15, -0.1) is 0 Å². The molecule has 1 N–H and O–H groups in total. The van der Waals surface area contributed by atoms with Crippen molar-refractivity contribution >= 4 is 28.6 Å². The molecule has 1 atom stereocenters. The molecule has 7 nitrogen and oxygen atoms in total. The number of nitrogens with zero attached hydrogens (tertiary/aromatic N) is 4. The number of rotatable bonds is 5. The highest BCUT2D eigenvalue weighted by atomic mass is 35.5. The Balaban J connectivity index is 1.91. The number of aryl methyl sites for hydroxylation is 1. The van der Waals surface area contributed by atoms with Crippen molar-refractivity contribution in [3.8, 4) is 17.0 Å². The van der Waals surface area contributed by atoms with Crippen LogP contribution < -0.4 is 0 Å². The van der Waals surface area contributed by atoms with Crippen LogP contribution in [0, 0.1) is 0 Å². The van der Waals surface area contributed by atoms with Gasteiger partial charge in [0.1, 0.15) is 0 Å². The summed E-state index contributed by atoms with van der Waals surface area (Å²) in [6.45, 7) is 4.89. The number of hydrogen-bond donors (Lipinski definition) is 1. The van der Waals surface area contributed by atoms with E-state index in [-0.39, 0.29) is 18.7 Å². The largest absolute Gasteiger partial charge is 0.493 e. The molecule has 0 saturated carbocycles. The monoisotopic (exact) mass is 402 g/mol. The number of halogens is 1. The Morgan fingerprint density at radius 3 is 2.89 bits per heavy atom. The molecule has 0 bridgehead atoms. The molecule has 2 aromatic heterocycles. The van der Waals surface area contributed by atoms with E-state index in [2.05, 4.69) is 11.7 Å². The van der Waals surface area contributed by atoms with Crippen LogP contribution in [0.3, 0.4) is 0 Å². The molecule has 1 aliphatic heterocycles. The number of hydrogen-bond acceptors (Lipinski definition) is 5. The quantitative estimate of drug-likeness (QED) is 0.689. The van der Waals surface area contributed by atoms with Crippen LogP contribution >= 0.6 is 11.6 Å². The number of aromatic nitrogens is 4. The predicted octanol–water partition coefficient (Wildman–Crippen LogP) is 4.28. The fourth-order valence-corrected chi connectivity index (χ4v) is 4.08. The van der Waals surface area contributed by atoms with Gasteiger partial charge in [0.2, 0.25) is 5.88 Å². The smallest absolute Gasteiger partial charge is 0.217 e. The van der Waals surface area contributed by atoms with Crippen LogP contribution in [0.15, 0.2) is 18.7 Å². The topological polar surface area (TPSA) is 74.3 Å². The summed E-state index contributed by atoms with van der Waals surface area (Å²) in [5.41, 5.74) is 3.53. The second kappa shape index (κ2) is 7.58. The zero-order valence-electron chi connectivity index (χ0n) is 16.0. The fourth-order valence-electron chi connectivity index (χ4n) is 3.77. The van der Waals surface area contributed by atoms with Gasteiger partial charge < -0.3 is 14.6 Å². The molecule has 3 heterocycles. The van der Waals surface area contributed by atoms with Gasteiger partial charge in [-0.25, -0.2) is 9.36 Å². The first kappa shape index (κ1) is 19.0. The van der Waals surface area contributed by atoms with Crippen molar-refractivity contribution < 1.29 is 14.6 Å². The molecule has 0 radical (unpaired) electrons. The number of aromatic hydroxyl groups is 1. The van der Waals surface area contributed by atoms with Crippen molar-refractivity contribution in [2.24, 2.45) is 7.05 Å². The van der Waals surface area contributed by atoms with Crippen molar-refractivity contribution in [2.75, 3.05) is 13.7 Å². The standard InChI is InChI=1S/C20H23ClN4O3/c1-4-15-13-9-12(18-16(11-27-3)22-24(2)20(18)26)10-14(21)19(13)25(23-15)17-7-5-6-8-28-17/h4,9-10,17,26H,1,5-8,11H2,2-3H3. The van der Waals surface area contributed by atoms with Crippen LogP contribution in [0.2, 0.25) is 5.02 Å². The fraction of sp³-hybridized carbons (Fsp3) is 0.400. The van der Waals surface area contributed by atoms with Crippen LogP contribution in [-0.2, 0) is 23.1 Å². The maximum atomic E-state index is 10.5. The van der Waals surface area contributed by atoms with E-state index in [1.54, 1.807) is 20.2 Å². The van der Waals surface area contributed by atoms with Gasteiger partial charge in [-0.05, 0) is 43.0 Å². The molecular weight excluding hydrogens is 380 g/mol. The SMILES string of the molecule is C=Cc1nn(C2CCCCO2)c2c(Cl)cc(-c3c(COC)nn(C)c3O)cc12. The Bertz CT molecular complexity index is 1030. The van der Waals surface area contributed by atoms with E-state index in [1.165, 1.54) is 4.68 Å². The Hall–Kier alpha value is -2.35. The third kappa shape index (κ3) is 3.09. The third-order valence-electron chi connectivity index (χ3n) is 5.06. The Kier molecular flexibility index (Phi) is 5.14. The summed E-state index contributed by atoms with van der Waals surface area (Å²) >= 11 is 6.70. The van der Waals surface area contributed by atoms with Crippen molar-refractivity contribution in [3.05, 3.63) is 35.1 Å². The molecule has 3 aromatic rings. The zero-order valence-corrected chi connectivity index (χ0v) is 16.7. The number of ether oxygens (including phenoxy) is 2. The van der Waals surface area contributed by atoms with Crippen molar-refractivity contribution in [1.29, 1.82) is 0 Å². The summed E-state index contributed by atoms with van der Waals surface area (Å²) in [7, 11) is 3.28. The van der Waals surface area contributed by atoms with Crippen molar-refractivity contribution in [1.82, 2.24) is 19.6 Å². The van der Waals surface area contributed by atoms with Gasteiger partial charge >= 0.3 is 0 Å². The summed E-state index contributed by atoms with van der Waals surface area (Å²) in [6, 6.07) is 3.79. The molecule has 1 saturated heterocycles. The summed E-state index contributed by atoms with van der Waals surface area (Å²) in [5.74, 6) is 0.0608. The van der Waals surface area contributed by atoms with Crippen LogP contribution in [0.25, 0.3) is 28.1 Å². The van der Waals surface area contributed by atoms with E-state index in [0.29, 0.717) is 16.3 Å². The third-order valence-corrected chi connectivity index (χ3v) is 5.35. The van der Waals surface area contributed by atoms with E-state index in [0.717, 1.165) is 48.0 Å². The molecule has 0 spiro atoms. The minimum atomic E-state index is -0.135. The van der Waals surface area contributed by atoms with Gasteiger partial charge in [0, 0.05) is 26.2 Å². The van der Waals surface area contributed by atoms with E-state index in [4.69, 9.17) is 26.2 Å². The lowest BCUT2D eigenvalue weighted by Gasteiger charge is -2.23. The minimum Gasteiger partial charge on any atom is -0.493 e. The first-order valence-corrected chi connectivity index (χ1v) is 9.63. The number of benzene rings is 1. The van der Waals surface area contributed by atoms with Gasteiger partial charge in [0.05, 0.1) is 34.1 Å². The average molecular weight is 403 g/mol. The molecule has 0 amide bonds. The molecule has 0 aliphatic carbocycles. The Labute approximate surface area is 168 Å². The van der Waals surface area contributed by atoms with Crippen molar-refractivity contribution in [2.45, 2.75) is 32.1 Å². The Morgan fingerprint density at radius 1 is 1.39 bits per heavy atom. The van der Waals surface area contributed by atoms with Gasteiger partial charge in [0.15, 0.2) is 6.23 Å². The van der Waals surface area contributed by atoms with E-state index in [1.807, 2.05) is 16.8 Å². The second-order valence-corrected chi connectivity index (χ2v) is 7.32. The van der Waals surface area contributed by atoms with Crippen LogP contribution in [0.4, 0.5) is 0 Å². The summed E-state index contributed by atoms with van der Waals surface area (Å²) in [5, 5.41) is 21.0. The summed E-state index contributed by atoms with van der Waals surface area (Å²) < 4.78 is 14.4. The molecule has 4 rings (SSSR count). The van der Waals surface area contributed by atoms with E-state index in [9.17, 15) is 5.11 Å². The molecule has 8 heteroatoms. The lowest BCUT2D eigenvalue weighted by molar-refractivity contribution is -0.0367. The van der Waals surface area contributed by atoms with Gasteiger partial charge in [0.25, 0.3) is 0 Å². The summed E-state index contributed by atoms with van der Waals surface area (Å²) in [6.07, 6.45) is 4.62. The highest BCUT2D eigenvalue weighted by Gasteiger charge is 2.24. The highest BCUT2D eigenvalue weighted by molar-refractivity contribution is 6.35. The first-order valence-electron chi connectivity index (χ1n) is 9.25. The molecule has 148 valence electrons. The Morgan fingerprint density at radius 2 is 2.21 bits per heavy atom. The average Bonchev–Trinajstić information content (AvgIpc) is 3.20. The van der Waals surface area contributed by atoms with Crippen molar-refractivity contribution in [3.63, 3.8) is 0 Å². The van der Waals surface area contributed by atoms with Gasteiger partial charge in [-0.3, -0.25) is 0 Å². The van der Waals surface area contributed by atoms with Gasteiger partial charge in [-0.2, -0.15) is 10.2 Å². The second-order valence-electron chi connectivity index (χ2n) is 6.91. The lowest BCUT2D eigenvalue weighted by Crippen LogP contribution is -2.19. The lowest BCUT2D eigenvalue weighted by atomic mass is 10.0. The maximum absolute atomic E-state index is 10.5. The van der Waals surface area contributed by atoms with E-state index >= 15 is 0 Å². The molecule has 1 aromatic carbocycles.